The molecule has 0 spiro atoms. The minimum Gasteiger partial charge on any atom is -0.392 e. The van der Waals surface area contributed by atoms with E-state index in [0.717, 1.165) is 31.9 Å². The maximum absolute atomic E-state index is 8.99. The summed E-state index contributed by atoms with van der Waals surface area (Å²) in [6, 6.07) is 11.8. The highest BCUT2D eigenvalue weighted by Crippen LogP contribution is 2.29. The summed E-state index contributed by atoms with van der Waals surface area (Å²) in [5.41, 5.74) is 4.09. The van der Waals surface area contributed by atoms with Gasteiger partial charge in [0.2, 0.25) is 0 Å². The number of hydrogen-bond donors (Lipinski definition) is 2. The first-order chi connectivity index (χ1) is 9.10. The number of benzene rings is 2. The van der Waals surface area contributed by atoms with E-state index in [9.17, 15) is 0 Å². The molecule has 0 bridgehead atoms. The van der Waals surface area contributed by atoms with E-state index in [1.54, 1.807) is 0 Å². The lowest BCUT2D eigenvalue weighted by Crippen LogP contribution is -2.00. The molecule has 19 heavy (non-hydrogen) atoms. The van der Waals surface area contributed by atoms with Crippen molar-refractivity contribution < 1.29 is 5.11 Å². The Labute approximate surface area is 126 Å². The molecule has 0 aliphatic rings. The maximum atomic E-state index is 8.99. The van der Waals surface area contributed by atoms with E-state index in [1.807, 2.05) is 43.3 Å². The van der Waals surface area contributed by atoms with Crippen molar-refractivity contribution >= 4 is 33.2 Å². The molecule has 0 unspecified atom stereocenters. The molecule has 0 aromatic heterocycles. The van der Waals surface area contributed by atoms with Crippen molar-refractivity contribution in [2.75, 3.05) is 5.32 Å². The molecule has 0 heterocycles. The first-order valence-electron chi connectivity index (χ1n) is 5.98. The van der Waals surface area contributed by atoms with Crippen LogP contribution in [-0.2, 0) is 13.2 Å². The fourth-order valence-corrected chi connectivity index (χ4v) is 2.50. The molecular weight excluding hydrogens is 326 g/mol. The van der Waals surface area contributed by atoms with Crippen LogP contribution in [0.15, 0.2) is 40.9 Å². The molecule has 0 saturated heterocycles. The molecule has 4 heteroatoms. The van der Waals surface area contributed by atoms with Crippen molar-refractivity contribution in [3.63, 3.8) is 0 Å². The van der Waals surface area contributed by atoms with Gasteiger partial charge < -0.3 is 10.4 Å². The minimum absolute atomic E-state index is 0.0762. The van der Waals surface area contributed by atoms with E-state index in [2.05, 4.69) is 21.2 Å². The highest BCUT2D eigenvalue weighted by molar-refractivity contribution is 9.10. The smallest absolute Gasteiger partial charge is 0.0681 e. The largest absolute Gasteiger partial charge is 0.392 e. The number of rotatable bonds is 4. The molecule has 2 aromatic rings. The van der Waals surface area contributed by atoms with Gasteiger partial charge in [0.25, 0.3) is 0 Å². The van der Waals surface area contributed by atoms with E-state index >= 15 is 0 Å². The van der Waals surface area contributed by atoms with Crippen molar-refractivity contribution in [1.82, 2.24) is 0 Å². The molecular formula is C15H15BrClNO. The summed E-state index contributed by atoms with van der Waals surface area (Å²) in [5.74, 6) is 0. The molecule has 2 aromatic carbocycles. The Morgan fingerprint density at radius 2 is 1.79 bits per heavy atom. The lowest BCUT2D eigenvalue weighted by Gasteiger charge is -2.11. The lowest BCUT2D eigenvalue weighted by atomic mass is 10.1. The average Bonchev–Trinajstić information content (AvgIpc) is 2.42. The van der Waals surface area contributed by atoms with Gasteiger partial charge >= 0.3 is 0 Å². The molecule has 0 fully saturated rings. The number of anilines is 1. The third-order valence-electron chi connectivity index (χ3n) is 2.94. The van der Waals surface area contributed by atoms with E-state index < -0.39 is 0 Å². The van der Waals surface area contributed by atoms with Crippen LogP contribution in [0.25, 0.3) is 0 Å². The standard InChI is InChI=1S/C15H15BrClNO/c1-10-6-13(16)15(7-14(10)17)18-8-11-2-4-12(9-19)5-3-11/h2-7,18-19H,8-9H2,1H3. The SMILES string of the molecule is Cc1cc(Br)c(NCc2ccc(CO)cc2)cc1Cl. The molecule has 2 nitrogen and oxygen atoms in total. The zero-order valence-corrected chi connectivity index (χ0v) is 12.9. The fraction of sp³-hybridized carbons (Fsp3) is 0.200. The van der Waals surface area contributed by atoms with Gasteiger partial charge in [0.1, 0.15) is 0 Å². The summed E-state index contributed by atoms with van der Waals surface area (Å²) in [6.45, 7) is 2.76. The van der Waals surface area contributed by atoms with Crippen molar-refractivity contribution in [2.24, 2.45) is 0 Å². The van der Waals surface area contributed by atoms with Gasteiger partial charge in [0.05, 0.1) is 12.3 Å². The predicted molar refractivity (Wildman–Crippen MR) is 83.6 cm³/mol. The van der Waals surface area contributed by atoms with Crippen molar-refractivity contribution in [2.45, 2.75) is 20.1 Å². The molecule has 0 aliphatic carbocycles. The van der Waals surface area contributed by atoms with Crippen LogP contribution in [0.2, 0.25) is 5.02 Å². The minimum atomic E-state index is 0.0762. The van der Waals surface area contributed by atoms with E-state index in [1.165, 1.54) is 0 Å². The Kier molecular flexibility index (Phi) is 4.86. The summed E-state index contributed by atoms with van der Waals surface area (Å²) < 4.78 is 1.00. The normalized spacial score (nSPS) is 10.5. The fourth-order valence-electron chi connectivity index (χ4n) is 1.74. The Morgan fingerprint density at radius 3 is 2.42 bits per heavy atom. The highest BCUT2D eigenvalue weighted by Gasteiger charge is 2.04. The Morgan fingerprint density at radius 1 is 1.16 bits per heavy atom. The van der Waals surface area contributed by atoms with Gasteiger partial charge in [-0.2, -0.15) is 0 Å². The molecule has 0 saturated carbocycles. The third kappa shape index (κ3) is 3.72. The zero-order chi connectivity index (χ0) is 13.8. The van der Waals surface area contributed by atoms with Crippen LogP contribution in [0.4, 0.5) is 5.69 Å². The number of halogens is 2. The van der Waals surface area contributed by atoms with Crippen LogP contribution in [0.3, 0.4) is 0 Å². The Hall–Kier alpha value is -1.03. The number of aliphatic hydroxyl groups excluding tert-OH is 1. The summed E-state index contributed by atoms with van der Waals surface area (Å²) in [4.78, 5) is 0. The molecule has 0 atom stereocenters. The van der Waals surface area contributed by atoms with Crippen molar-refractivity contribution in [1.29, 1.82) is 0 Å². The van der Waals surface area contributed by atoms with Crippen LogP contribution in [0, 0.1) is 6.92 Å². The van der Waals surface area contributed by atoms with E-state index in [-0.39, 0.29) is 6.61 Å². The molecule has 0 amide bonds. The first-order valence-corrected chi connectivity index (χ1v) is 7.15. The van der Waals surface area contributed by atoms with Gasteiger partial charge in [-0.15, -0.1) is 0 Å². The molecule has 2 N–H and O–H groups in total. The van der Waals surface area contributed by atoms with Gasteiger partial charge in [0.15, 0.2) is 0 Å². The molecule has 2 rings (SSSR count). The predicted octanol–water partition coefficient (Wildman–Crippen LogP) is 4.52. The van der Waals surface area contributed by atoms with E-state index in [0.29, 0.717) is 6.54 Å². The van der Waals surface area contributed by atoms with Crippen LogP contribution in [-0.4, -0.2) is 5.11 Å². The van der Waals surface area contributed by atoms with Crippen LogP contribution >= 0.6 is 27.5 Å². The Balaban J connectivity index is 2.07. The van der Waals surface area contributed by atoms with Crippen LogP contribution in [0.1, 0.15) is 16.7 Å². The number of aryl methyl sites for hydroxylation is 1. The third-order valence-corrected chi connectivity index (χ3v) is 4.00. The summed E-state index contributed by atoms with van der Waals surface area (Å²) >= 11 is 9.64. The Bertz CT molecular complexity index is 569. The number of aliphatic hydroxyl groups is 1. The maximum Gasteiger partial charge on any atom is 0.0681 e. The number of hydrogen-bond acceptors (Lipinski definition) is 2. The monoisotopic (exact) mass is 339 g/mol. The van der Waals surface area contributed by atoms with Crippen LogP contribution < -0.4 is 5.32 Å². The van der Waals surface area contributed by atoms with Gasteiger partial charge in [-0.1, -0.05) is 35.9 Å². The van der Waals surface area contributed by atoms with E-state index in [4.69, 9.17) is 16.7 Å². The van der Waals surface area contributed by atoms with Crippen molar-refractivity contribution in [3.8, 4) is 0 Å². The summed E-state index contributed by atoms with van der Waals surface area (Å²) in [6.07, 6.45) is 0. The average molecular weight is 341 g/mol. The first kappa shape index (κ1) is 14.4. The second-order valence-corrected chi connectivity index (χ2v) is 5.67. The lowest BCUT2D eigenvalue weighted by molar-refractivity contribution is 0.282. The summed E-state index contributed by atoms with van der Waals surface area (Å²) in [5, 5.41) is 13.1. The molecule has 100 valence electrons. The van der Waals surface area contributed by atoms with Crippen molar-refractivity contribution in [3.05, 3.63) is 62.6 Å². The van der Waals surface area contributed by atoms with Gasteiger partial charge in [-0.05, 0) is 51.7 Å². The molecule has 0 radical (unpaired) electrons. The van der Waals surface area contributed by atoms with Gasteiger partial charge in [-0.25, -0.2) is 0 Å². The van der Waals surface area contributed by atoms with Gasteiger partial charge in [-0.3, -0.25) is 0 Å². The molecule has 0 aliphatic heterocycles. The highest BCUT2D eigenvalue weighted by atomic mass is 79.9. The second kappa shape index (κ2) is 6.42. The number of nitrogens with one attached hydrogen (secondary N) is 1. The van der Waals surface area contributed by atoms with Gasteiger partial charge in [0, 0.05) is 16.0 Å². The van der Waals surface area contributed by atoms with Crippen LogP contribution in [0.5, 0.6) is 0 Å². The summed E-state index contributed by atoms with van der Waals surface area (Å²) in [7, 11) is 0. The zero-order valence-electron chi connectivity index (χ0n) is 10.6. The topological polar surface area (TPSA) is 32.3 Å². The quantitative estimate of drug-likeness (QED) is 0.858. The second-order valence-electron chi connectivity index (χ2n) is 4.41.